The van der Waals surface area contributed by atoms with Crippen LogP contribution in [0, 0.1) is 0 Å². The lowest BCUT2D eigenvalue weighted by molar-refractivity contribution is 1.26. The third-order valence-corrected chi connectivity index (χ3v) is 5.81. The summed E-state index contributed by atoms with van der Waals surface area (Å²) < 4.78 is 1.15. The summed E-state index contributed by atoms with van der Waals surface area (Å²) in [5.74, 6) is 0. The van der Waals surface area contributed by atoms with Gasteiger partial charge in [-0.2, -0.15) is 0 Å². The number of hydrogen-bond donors (Lipinski definition) is 0. The van der Waals surface area contributed by atoms with E-state index in [1.54, 1.807) is 0 Å². The molecule has 124 valence electrons. The molecule has 0 aliphatic heterocycles. The Morgan fingerprint density at radius 1 is 0.577 bits per heavy atom. The van der Waals surface area contributed by atoms with E-state index in [0.29, 0.717) is 0 Å². The molecule has 0 unspecified atom stereocenters. The van der Waals surface area contributed by atoms with Gasteiger partial charge in [0.05, 0.1) is 0 Å². The predicted octanol–water partition coefficient (Wildman–Crippen LogP) is 7.35. The molecule has 0 bridgehead atoms. The molecule has 5 rings (SSSR count). The fourth-order valence-corrected chi connectivity index (χ4v) is 4.71. The monoisotopic (exact) mass is 396 g/mol. The lowest BCUT2D eigenvalue weighted by Crippen LogP contribution is -1.94. The summed E-state index contributed by atoms with van der Waals surface area (Å²) in [7, 11) is 0. The molecule has 0 radical (unpaired) electrons. The van der Waals surface area contributed by atoms with E-state index in [0.717, 1.165) is 10.9 Å². The second kappa shape index (κ2) is 6.26. The summed E-state index contributed by atoms with van der Waals surface area (Å²) in [6.45, 7) is 0. The molecule has 0 heterocycles. The van der Waals surface area contributed by atoms with E-state index < -0.39 is 0 Å². The first kappa shape index (κ1) is 15.6. The molecule has 0 saturated heterocycles. The third kappa shape index (κ3) is 2.43. The van der Waals surface area contributed by atoms with Crippen LogP contribution in [0.4, 0.5) is 0 Å². The SMILES string of the molecule is Brc1cc2c(c(-c3ccccc3)c1-c1ccccc1)Cc1ccccc1-2. The van der Waals surface area contributed by atoms with Gasteiger partial charge in [0.1, 0.15) is 0 Å². The minimum atomic E-state index is 0.989. The summed E-state index contributed by atoms with van der Waals surface area (Å²) in [5.41, 5.74) is 10.7. The van der Waals surface area contributed by atoms with Crippen molar-refractivity contribution in [1.29, 1.82) is 0 Å². The molecule has 0 saturated carbocycles. The van der Waals surface area contributed by atoms with Crippen LogP contribution in [0.25, 0.3) is 33.4 Å². The Morgan fingerprint density at radius 2 is 1.15 bits per heavy atom. The van der Waals surface area contributed by atoms with Gasteiger partial charge in [0.15, 0.2) is 0 Å². The molecule has 0 atom stereocenters. The maximum atomic E-state index is 3.89. The first-order valence-corrected chi connectivity index (χ1v) is 9.67. The van der Waals surface area contributed by atoms with Gasteiger partial charge in [0, 0.05) is 10.0 Å². The molecule has 1 aliphatic carbocycles. The van der Waals surface area contributed by atoms with Crippen LogP contribution >= 0.6 is 15.9 Å². The Labute approximate surface area is 162 Å². The van der Waals surface area contributed by atoms with Crippen molar-refractivity contribution in [3.8, 4) is 33.4 Å². The molecule has 0 N–H and O–H groups in total. The highest BCUT2D eigenvalue weighted by molar-refractivity contribution is 9.10. The first-order chi connectivity index (χ1) is 12.8. The minimum Gasteiger partial charge on any atom is -0.0622 e. The van der Waals surface area contributed by atoms with Crippen molar-refractivity contribution in [2.75, 3.05) is 0 Å². The van der Waals surface area contributed by atoms with Crippen LogP contribution < -0.4 is 0 Å². The zero-order valence-corrected chi connectivity index (χ0v) is 15.8. The van der Waals surface area contributed by atoms with Crippen LogP contribution in [0.1, 0.15) is 11.1 Å². The van der Waals surface area contributed by atoms with Gasteiger partial charge in [-0.15, -0.1) is 0 Å². The van der Waals surface area contributed by atoms with E-state index in [1.165, 1.54) is 44.5 Å². The van der Waals surface area contributed by atoms with E-state index in [1.807, 2.05) is 0 Å². The lowest BCUT2D eigenvalue weighted by Gasteiger charge is -2.18. The molecular formula is C25H17Br. The molecule has 4 aromatic carbocycles. The van der Waals surface area contributed by atoms with E-state index in [-0.39, 0.29) is 0 Å². The van der Waals surface area contributed by atoms with Crippen molar-refractivity contribution >= 4 is 15.9 Å². The fourth-order valence-electron chi connectivity index (χ4n) is 4.05. The standard InChI is InChI=1S/C25H17Br/c26-23-16-21-20-14-8-7-13-19(20)15-22(21)24(17-9-3-1-4-10-17)25(23)18-11-5-2-6-12-18/h1-14,16H,15H2. The topological polar surface area (TPSA) is 0 Å². The quantitative estimate of drug-likeness (QED) is 0.292. The molecular weight excluding hydrogens is 380 g/mol. The van der Waals surface area contributed by atoms with Crippen molar-refractivity contribution in [2.24, 2.45) is 0 Å². The van der Waals surface area contributed by atoms with Crippen LogP contribution in [-0.4, -0.2) is 0 Å². The van der Waals surface area contributed by atoms with E-state index >= 15 is 0 Å². The normalized spacial score (nSPS) is 11.9. The molecule has 0 amide bonds. The van der Waals surface area contributed by atoms with Crippen LogP contribution in [0.3, 0.4) is 0 Å². The van der Waals surface area contributed by atoms with Gasteiger partial charge in [-0.25, -0.2) is 0 Å². The van der Waals surface area contributed by atoms with Crippen molar-refractivity contribution in [3.05, 3.63) is 107 Å². The second-order valence-corrected chi connectivity index (χ2v) is 7.55. The molecule has 0 fully saturated rings. The van der Waals surface area contributed by atoms with E-state index in [9.17, 15) is 0 Å². The van der Waals surface area contributed by atoms with E-state index in [2.05, 4.69) is 107 Å². The van der Waals surface area contributed by atoms with Gasteiger partial charge in [-0.1, -0.05) is 101 Å². The maximum absolute atomic E-state index is 3.89. The average Bonchev–Trinajstić information content (AvgIpc) is 3.06. The third-order valence-electron chi connectivity index (χ3n) is 5.19. The summed E-state index contributed by atoms with van der Waals surface area (Å²) in [4.78, 5) is 0. The molecule has 0 aromatic heterocycles. The van der Waals surface area contributed by atoms with Gasteiger partial charge in [-0.05, 0) is 51.4 Å². The van der Waals surface area contributed by atoms with Gasteiger partial charge in [0.25, 0.3) is 0 Å². The fraction of sp³-hybridized carbons (Fsp3) is 0.0400. The average molecular weight is 397 g/mol. The first-order valence-electron chi connectivity index (χ1n) is 8.87. The smallest absolute Gasteiger partial charge is 0.0266 e. The largest absolute Gasteiger partial charge is 0.0622 e. The number of fused-ring (bicyclic) bond motifs is 3. The van der Waals surface area contributed by atoms with Gasteiger partial charge >= 0.3 is 0 Å². The highest BCUT2D eigenvalue weighted by atomic mass is 79.9. The van der Waals surface area contributed by atoms with Crippen LogP contribution in [0.5, 0.6) is 0 Å². The van der Waals surface area contributed by atoms with Crippen LogP contribution in [0.2, 0.25) is 0 Å². The van der Waals surface area contributed by atoms with E-state index in [4.69, 9.17) is 0 Å². The van der Waals surface area contributed by atoms with Crippen LogP contribution in [-0.2, 0) is 6.42 Å². The maximum Gasteiger partial charge on any atom is 0.0266 e. The van der Waals surface area contributed by atoms with Crippen molar-refractivity contribution in [2.45, 2.75) is 6.42 Å². The second-order valence-electron chi connectivity index (χ2n) is 6.70. The Hall–Kier alpha value is -2.64. The summed E-state index contributed by atoms with van der Waals surface area (Å²) >= 11 is 3.89. The molecule has 0 spiro atoms. The molecule has 1 heteroatoms. The van der Waals surface area contributed by atoms with Crippen molar-refractivity contribution < 1.29 is 0 Å². The van der Waals surface area contributed by atoms with Crippen LogP contribution in [0.15, 0.2) is 95.5 Å². The number of halogens is 1. The van der Waals surface area contributed by atoms with Gasteiger partial charge in [0.2, 0.25) is 0 Å². The van der Waals surface area contributed by atoms with Crippen molar-refractivity contribution in [3.63, 3.8) is 0 Å². The molecule has 4 aromatic rings. The number of benzene rings is 4. The number of hydrogen-bond acceptors (Lipinski definition) is 0. The Bertz CT molecular complexity index is 1100. The lowest BCUT2D eigenvalue weighted by atomic mass is 9.88. The Balaban J connectivity index is 1.87. The van der Waals surface area contributed by atoms with Gasteiger partial charge < -0.3 is 0 Å². The van der Waals surface area contributed by atoms with Crippen molar-refractivity contribution in [1.82, 2.24) is 0 Å². The zero-order valence-electron chi connectivity index (χ0n) is 14.2. The Kier molecular flexibility index (Phi) is 3.76. The summed E-state index contributed by atoms with van der Waals surface area (Å²) in [6, 6.07) is 32.5. The molecule has 26 heavy (non-hydrogen) atoms. The zero-order chi connectivity index (χ0) is 17.5. The predicted molar refractivity (Wildman–Crippen MR) is 113 cm³/mol. The summed E-state index contributed by atoms with van der Waals surface area (Å²) in [5, 5.41) is 0. The summed E-state index contributed by atoms with van der Waals surface area (Å²) in [6.07, 6.45) is 0.989. The molecule has 1 aliphatic rings. The minimum absolute atomic E-state index is 0.989. The van der Waals surface area contributed by atoms with Gasteiger partial charge in [-0.3, -0.25) is 0 Å². The Morgan fingerprint density at radius 3 is 1.85 bits per heavy atom. The molecule has 0 nitrogen and oxygen atoms in total. The highest BCUT2D eigenvalue weighted by Gasteiger charge is 2.25. The highest BCUT2D eigenvalue weighted by Crippen LogP contribution is 2.48. The number of rotatable bonds is 2.